The molecule has 0 saturated carbocycles. The predicted octanol–water partition coefficient (Wildman–Crippen LogP) is 4.12. The Bertz CT molecular complexity index is 916. The normalized spacial score (nSPS) is 15.0. The quantitative estimate of drug-likeness (QED) is 0.656. The number of amides is 1. The van der Waals surface area contributed by atoms with Gasteiger partial charge in [-0.2, -0.15) is 0 Å². The third-order valence-electron chi connectivity index (χ3n) is 5.19. The van der Waals surface area contributed by atoms with Gasteiger partial charge in [-0.1, -0.05) is 60.7 Å². The average molecular weight is 392 g/mol. The summed E-state index contributed by atoms with van der Waals surface area (Å²) in [4.78, 5) is 23.0. The highest BCUT2D eigenvalue weighted by Gasteiger charge is 2.26. The molecular formula is C23H25N3OS. The number of aromatic nitrogens is 1. The molecule has 1 saturated heterocycles. The first kappa shape index (κ1) is 18.8. The van der Waals surface area contributed by atoms with Crippen LogP contribution in [0.3, 0.4) is 0 Å². The fraction of sp³-hybridized carbons (Fsp3) is 0.304. The van der Waals surface area contributed by atoms with E-state index in [1.165, 1.54) is 16.9 Å². The first-order valence-corrected chi connectivity index (χ1v) is 10.6. The van der Waals surface area contributed by atoms with Gasteiger partial charge in [0.1, 0.15) is 4.88 Å². The minimum Gasteiger partial charge on any atom is -0.335 e. The number of benzene rings is 2. The summed E-state index contributed by atoms with van der Waals surface area (Å²) in [5.74, 6) is 0.118. The van der Waals surface area contributed by atoms with E-state index < -0.39 is 0 Å². The second kappa shape index (κ2) is 8.67. The zero-order chi connectivity index (χ0) is 19.3. The molecule has 2 aromatic carbocycles. The number of hydrogen-bond donors (Lipinski definition) is 0. The Morgan fingerprint density at radius 3 is 2.29 bits per heavy atom. The number of nitrogens with zero attached hydrogens (tertiary/aromatic N) is 3. The van der Waals surface area contributed by atoms with E-state index in [9.17, 15) is 4.79 Å². The van der Waals surface area contributed by atoms with Crippen LogP contribution in [-0.4, -0.2) is 53.4 Å². The monoisotopic (exact) mass is 391 g/mol. The lowest BCUT2D eigenvalue weighted by atomic mass is 10.1. The number of hydrogen-bond acceptors (Lipinski definition) is 4. The molecule has 0 radical (unpaired) electrons. The van der Waals surface area contributed by atoms with Crippen molar-refractivity contribution < 1.29 is 4.79 Å². The van der Waals surface area contributed by atoms with Crippen LogP contribution in [0.1, 0.15) is 20.2 Å². The maximum atomic E-state index is 13.2. The second-order valence-electron chi connectivity index (χ2n) is 7.15. The molecule has 1 fully saturated rings. The zero-order valence-corrected chi connectivity index (χ0v) is 17.0. The Kier molecular flexibility index (Phi) is 5.84. The predicted molar refractivity (Wildman–Crippen MR) is 115 cm³/mol. The van der Waals surface area contributed by atoms with Crippen molar-refractivity contribution in [2.75, 3.05) is 32.7 Å². The van der Waals surface area contributed by atoms with Crippen LogP contribution in [0.15, 0.2) is 60.7 Å². The summed E-state index contributed by atoms with van der Waals surface area (Å²) in [5.41, 5.74) is 3.20. The summed E-state index contributed by atoms with van der Waals surface area (Å²) in [6, 6.07) is 20.6. The molecule has 1 aromatic heterocycles. The van der Waals surface area contributed by atoms with Gasteiger partial charge in [0.05, 0.1) is 10.7 Å². The fourth-order valence-corrected chi connectivity index (χ4v) is 4.52. The maximum Gasteiger partial charge on any atom is 0.266 e. The minimum absolute atomic E-state index is 0.118. The summed E-state index contributed by atoms with van der Waals surface area (Å²) in [6.45, 7) is 6.42. The van der Waals surface area contributed by atoms with Crippen LogP contribution in [0.4, 0.5) is 0 Å². The van der Waals surface area contributed by atoms with Crippen LogP contribution < -0.4 is 0 Å². The van der Waals surface area contributed by atoms with E-state index in [1.807, 2.05) is 42.2 Å². The molecule has 0 unspecified atom stereocenters. The Morgan fingerprint density at radius 2 is 1.61 bits per heavy atom. The van der Waals surface area contributed by atoms with Crippen molar-refractivity contribution in [3.63, 3.8) is 0 Å². The molecule has 0 bridgehead atoms. The highest BCUT2D eigenvalue weighted by molar-refractivity contribution is 7.14. The number of rotatable bonds is 5. The van der Waals surface area contributed by atoms with Gasteiger partial charge in [-0.25, -0.2) is 4.98 Å². The van der Waals surface area contributed by atoms with E-state index in [0.29, 0.717) is 0 Å². The number of piperazine rings is 1. The second-order valence-corrected chi connectivity index (χ2v) is 8.35. The SMILES string of the molecule is Cc1nc(-c2ccccc2)c(C(=O)N2CCN(CCc3ccccc3)CC2)s1. The Balaban J connectivity index is 1.38. The Morgan fingerprint density at radius 1 is 0.964 bits per heavy atom. The largest absolute Gasteiger partial charge is 0.335 e. The van der Waals surface area contributed by atoms with Crippen LogP contribution in [0.5, 0.6) is 0 Å². The van der Waals surface area contributed by atoms with Gasteiger partial charge in [-0.3, -0.25) is 9.69 Å². The Hall–Kier alpha value is -2.50. The third kappa shape index (κ3) is 4.32. The molecule has 1 aliphatic heterocycles. The fourth-order valence-electron chi connectivity index (χ4n) is 3.61. The van der Waals surface area contributed by atoms with Crippen LogP contribution in [-0.2, 0) is 6.42 Å². The van der Waals surface area contributed by atoms with Crippen molar-refractivity contribution in [2.24, 2.45) is 0 Å². The number of carbonyl (C=O) groups excluding carboxylic acids is 1. The molecule has 3 aromatic rings. The van der Waals surface area contributed by atoms with E-state index in [0.717, 1.165) is 60.3 Å². The molecule has 1 amide bonds. The molecule has 28 heavy (non-hydrogen) atoms. The summed E-state index contributed by atoms with van der Waals surface area (Å²) in [6.07, 6.45) is 1.06. The summed E-state index contributed by atoms with van der Waals surface area (Å²) in [5, 5.41) is 0.934. The summed E-state index contributed by atoms with van der Waals surface area (Å²) >= 11 is 1.50. The smallest absolute Gasteiger partial charge is 0.266 e. The lowest BCUT2D eigenvalue weighted by Gasteiger charge is -2.34. The van der Waals surface area contributed by atoms with Gasteiger partial charge in [-0.15, -0.1) is 11.3 Å². The average Bonchev–Trinajstić information content (AvgIpc) is 3.15. The molecular weight excluding hydrogens is 366 g/mol. The number of aryl methyl sites for hydroxylation is 1. The topological polar surface area (TPSA) is 36.4 Å². The molecule has 1 aliphatic rings. The summed E-state index contributed by atoms with van der Waals surface area (Å²) < 4.78 is 0. The van der Waals surface area contributed by atoms with Gasteiger partial charge in [0.25, 0.3) is 5.91 Å². The maximum absolute atomic E-state index is 13.2. The van der Waals surface area contributed by atoms with Gasteiger partial charge in [0, 0.05) is 38.3 Å². The van der Waals surface area contributed by atoms with Crippen LogP contribution in [0, 0.1) is 6.92 Å². The molecule has 0 spiro atoms. The van der Waals surface area contributed by atoms with E-state index >= 15 is 0 Å². The molecule has 4 rings (SSSR count). The van der Waals surface area contributed by atoms with Crippen molar-refractivity contribution in [3.8, 4) is 11.3 Å². The first-order chi connectivity index (χ1) is 13.7. The van der Waals surface area contributed by atoms with E-state index in [1.54, 1.807) is 0 Å². The number of thiazole rings is 1. The van der Waals surface area contributed by atoms with Crippen molar-refractivity contribution >= 4 is 17.2 Å². The molecule has 0 N–H and O–H groups in total. The molecule has 4 nitrogen and oxygen atoms in total. The van der Waals surface area contributed by atoms with Gasteiger partial charge in [-0.05, 0) is 18.9 Å². The van der Waals surface area contributed by atoms with E-state index in [4.69, 9.17) is 0 Å². The standard InChI is InChI=1S/C23H25N3OS/c1-18-24-21(20-10-6-3-7-11-20)22(28-18)23(27)26-16-14-25(15-17-26)13-12-19-8-4-2-5-9-19/h2-11H,12-17H2,1H3. The molecule has 5 heteroatoms. The van der Waals surface area contributed by atoms with Gasteiger partial charge >= 0.3 is 0 Å². The van der Waals surface area contributed by atoms with E-state index in [2.05, 4.69) is 40.2 Å². The first-order valence-electron chi connectivity index (χ1n) is 9.79. The summed E-state index contributed by atoms with van der Waals surface area (Å²) in [7, 11) is 0. The zero-order valence-electron chi connectivity index (χ0n) is 16.2. The highest BCUT2D eigenvalue weighted by Crippen LogP contribution is 2.29. The third-order valence-corrected chi connectivity index (χ3v) is 6.15. The van der Waals surface area contributed by atoms with Crippen LogP contribution in [0.25, 0.3) is 11.3 Å². The molecule has 0 atom stereocenters. The van der Waals surface area contributed by atoms with Crippen molar-refractivity contribution in [3.05, 3.63) is 76.1 Å². The lowest BCUT2D eigenvalue weighted by molar-refractivity contribution is 0.0644. The molecule has 0 aliphatic carbocycles. The van der Waals surface area contributed by atoms with Gasteiger partial charge in [0.15, 0.2) is 0 Å². The highest BCUT2D eigenvalue weighted by atomic mass is 32.1. The minimum atomic E-state index is 0.118. The number of carbonyl (C=O) groups is 1. The van der Waals surface area contributed by atoms with E-state index in [-0.39, 0.29) is 5.91 Å². The van der Waals surface area contributed by atoms with Crippen molar-refractivity contribution in [1.82, 2.24) is 14.8 Å². The molecule has 2 heterocycles. The Labute approximate surface area is 170 Å². The van der Waals surface area contributed by atoms with Crippen LogP contribution in [0.2, 0.25) is 0 Å². The van der Waals surface area contributed by atoms with Crippen molar-refractivity contribution in [2.45, 2.75) is 13.3 Å². The lowest BCUT2D eigenvalue weighted by Crippen LogP contribution is -2.49. The van der Waals surface area contributed by atoms with Gasteiger partial charge < -0.3 is 4.90 Å². The van der Waals surface area contributed by atoms with Crippen molar-refractivity contribution in [1.29, 1.82) is 0 Å². The van der Waals surface area contributed by atoms with Gasteiger partial charge in [0.2, 0.25) is 0 Å². The molecule has 144 valence electrons. The van der Waals surface area contributed by atoms with Crippen LogP contribution >= 0.6 is 11.3 Å².